The number of piperidine rings is 1. The van der Waals surface area contributed by atoms with E-state index in [0.717, 1.165) is 32.4 Å². The van der Waals surface area contributed by atoms with Gasteiger partial charge in [0.05, 0.1) is 5.60 Å². The Morgan fingerprint density at radius 1 is 1.46 bits per heavy atom. The van der Waals surface area contributed by atoms with Gasteiger partial charge in [0.2, 0.25) is 0 Å². The Labute approximate surface area is 81.2 Å². The van der Waals surface area contributed by atoms with Crippen LogP contribution in [0.1, 0.15) is 32.6 Å². The van der Waals surface area contributed by atoms with Crippen LogP contribution in [-0.4, -0.2) is 35.2 Å². The lowest BCUT2D eigenvalue weighted by Crippen LogP contribution is -2.44. The number of nitrogens with zero attached hydrogens (tertiary/aromatic N) is 1. The first kappa shape index (κ1) is 10.7. The smallest absolute Gasteiger partial charge is 0.0706 e. The van der Waals surface area contributed by atoms with Crippen LogP contribution in [0.2, 0.25) is 0 Å². The van der Waals surface area contributed by atoms with E-state index in [9.17, 15) is 5.11 Å². The Balaban J connectivity index is 2.32. The van der Waals surface area contributed by atoms with Gasteiger partial charge in [0, 0.05) is 13.1 Å². The van der Waals surface area contributed by atoms with Crippen molar-refractivity contribution in [3.8, 4) is 0 Å². The molecule has 13 heavy (non-hydrogen) atoms. The molecule has 1 N–H and O–H groups in total. The van der Waals surface area contributed by atoms with Crippen molar-refractivity contribution in [2.75, 3.05) is 19.6 Å². The minimum Gasteiger partial charge on any atom is -0.389 e. The maximum Gasteiger partial charge on any atom is 0.0706 e. The van der Waals surface area contributed by atoms with Crippen molar-refractivity contribution in [1.82, 2.24) is 4.90 Å². The van der Waals surface area contributed by atoms with Gasteiger partial charge in [0.25, 0.3) is 0 Å². The summed E-state index contributed by atoms with van der Waals surface area (Å²) >= 11 is 0. The SMILES string of the molecule is C=CCC1(O)CCN(CCC)CC1. The van der Waals surface area contributed by atoms with Crippen LogP contribution in [0.25, 0.3) is 0 Å². The molecule has 0 aliphatic carbocycles. The molecule has 0 radical (unpaired) electrons. The first-order chi connectivity index (χ1) is 6.20. The molecule has 1 heterocycles. The van der Waals surface area contributed by atoms with Gasteiger partial charge in [-0.2, -0.15) is 0 Å². The molecule has 0 unspecified atom stereocenters. The van der Waals surface area contributed by atoms with E-state index < -0.39 is 5.60 Å². The highest BCUT2D eigenvalue weighted by atomic mass is 16.3. The van der Waals surface area contributed by atoms with E-state index in [2.05, 4.69) is 18.4 Å². The molecule has 0 aromatic rings. The largest absolute Gasteiger partial charge is 0.389 e. The van der Waals surface area contributed by atoms with E-state index >= 15 is 0 Å². The van der Waals surface area contributed by atoms with E-state index in [1.165, 1.54) is 13.0 Å². The molecule has 0 aromatic heterocycles. The standard InChI is InChI=1S/C11H21NO/c1-3-5-11(13)6-9-12(8-4-2)10-7-11/h3,13H,1,4-10H2,2H3. The molecule has 2 nitrogen and oxygen atoms in total. The third-order valence-corrected chi connectivity index (χ3v) is 2.85. The average molecular weight is 183 g/mol. The second-order valence-corrected chi connectivity index (χ2v) is 4.06. The van der Waals surface area contributed by atoms with Crippen LogP contribution >= 0.6 is 0 Å². The monoisotopic (exact) mass is 183 g/mol. The van der Waals surface area contributed by atoms with Crippen molar-refractivity contribution in [3.63, 3.8) is 0 Å². The molecule has 76 valence electrons. The Morgan fingerprint density at radius 2 is 2.08 bits per heavy atom. The zero-order valence-corrected chi connectivity index (χ0v) is 8.63. The second-order valence-electron chi connectivity index (χ2n) is 4.06. The number of hydrogen-bond donors (Lipinski definition) is 1. The van der Waals surface area contributed by atoms with E-state index in [1.54, 1.807) is 0 Å². The summed E-state index contributed by atoms with van der Waals surface area (Å²) < 4.78 is 0. The molecule has 1 rings (SSSR count). The van der Waals surface area contributed by atoms with Gasteiger partial charge >= 0.3 is 0 Å². The third kappa shape index (κ3) is 3.12. The molecule has 0 aromatic carbocycles. The predicted octanol–water partition coefficient (Wildman–Crippen LogP) is 1.80. The minimum absolute atomic E-state index is 0.452. The number of rotatable bonds is 4. The van der Waals surface area contributed by atoms with Gasteiger partial charge in [-0.25, -0.2) is 0 Å². The van der Waals surface area contributed by atoms with Crippen LogP contribution < -0.4 is 0 Å². The van der Waals surface area contributed by atoms with Gasteiger partial charge in [-0.15, -0.1) is 6.58 Å². The Kier molecular flexibility index (Phi) is 3.94. The highest BCUT2D eigenvalue weighted by Gasteiger charge is 2.30. The fourth-order valence-electron chi connectivity index (χ4n) is 1.98. The summed E-state index contributed by atoms with van der Waals surface area (Å²) in [4.78, 5) is 2.43. The van der Waals surface area contributed by atoms with Crippen molar-refractivity contribution in [2.24, 2.45) is 0 Å². The fraction of sp³-hybridized carbons (Fsp3) is 0.818. The van der Waals surface area contributed by atoms with E-state index in [-0.39, 0.29) is 0 Å². The van der Waals surface area contributed by atoms with Crippen LogP contribution in [0, 0.1) is 0 Å². The predicted molar refractivity (Wildman–Crippen MR) is 55.7 cm³/mol. The molecular weight excluding hydrogens is 162 g/mol. The lowest BCUT2D eigenvalue weighted by Gasteiger charge is -2.37. The molecule has 1 saturated heterocycles. The molecule has 0 amide bonds. The average Bonchev–Trinajstić information content (AvgIpc) is 2.10. The molecule has 0 atom stereocenters. The Bertz CT molecular complexity index is 159. The van der Waals surface area contributed by atoms with E-state index in [4.69, 9.17) is 0 Å². The summed E-state index contributed by atoms with van der Waals surface area (Å²) in [5.41, 5.74) is -0.452. The van der Waals surface area contributed by atoms with Crippen molar-refractivity contribution >= 4 is 0 Å². The quantitative estimate of drug-likeness (QED) is 0.672. The van der Waals surface area contributed by atoms with Crippen LogP contribution in [0.3, 0.4) is 0 Å². The summed E-state index contributed by atoms with van der Waals surface area (Å²) in [6, 6.07) is 0. The van der Waals surface area contributed by atoms with Crippen LogP contribution in [0.4, 0.5) is 0 Å². The first-order valence-corrected chi connectivity index (χ1v) is 5.26. The van der Waals surface area contributed by atoms with Crippen LogP contribution in [0.5, 0.6) is 0 Å². The Morgan fingerprint density at radius 3 is 2.54 bits per heavy atom. The minimum atomic E-state index is -0.452. The van der Waals surface area contributed by atoms with E-state index in [1.807, 2.05) is 6.08 Å². The number of aliphatic hydroxyl groups is 1. The zero-order chi connectivity index (χ0) is 9.73. The topological polar surface area (TPSA) is 23.5 Å². The van der Waals surface area contributed by atoms with Crippen LogP contribution in [0.15, 0.2) is 12.7 Å². The fourth-order valence-corrected chi connectivity index (χ4v) is 1.98. The summed E-state index contributed by atoms with van der Waals surface area (Å²) in [6.07, 6.45) is 5.58. The van der Waals surface area contributed by atoms with Crippen molar-refractivity contribution in [1.29, 1.82) is 0 Å². The molecule has 0 bridgehead atoms. The third-order valence-electron chi connectivity index (χ3n) is 2.85. The Hall–Kier alpha value is -0.340. The maximum atomic E-state index is 10.1. The van der Waals surface area contributed by atoms with E-state index in [0.29, 0.717) is 0 Å². The molecular formula is C11H21NO. The van der Waals surface area contributed by atoms with Gasteiger partial charge in [-0.3, -0.25) is 0 Å². The summed E-state index contributed by atoms with van der Waals surface area (Å²) in [6.45, 7) is 9.13. The van der Waals surface area contributed by atoms with Crippen molar-refractivity contribution in [2.45, 2.75) is 38.2 Å². The molecule has 1 aliphatic rings. The number of hydrogen-bond acceptors (Lipinski definition) is 2. The lowest BCUT2D eigenvalue weighted by atomic mass is 9.88. The van der Waals surface area contributed by atoms with Crippen molar-refractivity contribution in [3.05, 3.63) is 12.7 Å². The van der Waals surface area contributed by atoms with Crippen LogP contribution in [-0.2, 0) is 0 Å². The first-order valence-electron chi connectivity index (χ1n) is 5.26. The highest BCUT2D eigenvalue weighted by Crippen LogP contribution is 2.25. The van der Waals surface area contributed by atoms with Crippen molar-refractivity contribution < 1.29 is 5.11 Å². The van der Waals surface area contributed by atoms with Gasteiger partial charge < -0.3 is 10.0 Å². The van der Waals surface area contributed by atoms with Gasteiger partial charge in [-0.1, -0.05) is 13.0 Å². The maximum absolute atomic E-state index is 10.1. The zero-order valence-electron chi connectivity index (χ0n) is 8.63. The summed E-state index contributed by atoms with van der Waals surface area (Å²) in [7, 11) is 0. The summed E-state index contributed by atoms with van der Waals surface area (Å²) in [5, 5.41) is 10.1. The van der Waals surface area contributed by atoms with Gasteiger partial charge in [0.15, 0.2) is 0 Å². The van der Waals surface area contributed by atoms with Gasteiger partial charge in [-0.05, 0) is 32.2 Å². The highest BCUT2D eigenvalue weighted by molar-refractivity contribution is 4.91. The molecule has 1 aliphatic heterocycles. The molecule has 0 spiro atoms. The normalized spacial score (nSPS) is 22.9. The second kappa shape index (κ2) is 4.77. The molecule has 1 fully saturated rings. The lowest BCUT2D eigenvalue weighted by molar-refractivity contribution is -0.0183. The molecule has 2 heteroatoms. The molecule has 0 saturated carbocycles. The van der Waals surface area contributed by atoms with Gasteiger partial charge in [0.1, 0.15) is 0 Å². The number of likely N-dealkylation sites (tertiary alicyclic amines) is 1. The summed E-state index contributed by atoms with van der Waals surface area (Å²) in [5.74, 6) is 0.